The molecule has 0 spiro atoms. The zero-order chi connectivity index (χ0) is 13.7. The zero-order valence-corrected chi connectivity index (χ0v) is 10.6. The van der Waals surface area contributed by atoms with Crippen LogP contribution in [0.15, 0.2) is 28.2 Å². The number of aromatic amines is 1. The molecule has 0 bridgehead atoms. The Bertz CT molecular complexity index is 683. The number of aromatic nitrogens is 1. The maximum atomic E-state index is 12.4. The van der Waals surface area contributed by atoms with E-state index in [1.807, 2.05) is 6.92 Å². The Morgan fingerprint density at radius 2 is 1.95 bits per heavy atom. The molecule has 19 heavy (non-hydrogen) atoms. The number of ether oxygens (including phenoxy) is 1. The van der Waals surface area contributed by atoms with Crippen LogP contribution in [0.25, 0.3) is 0 Å². The summed E-state index contributed by atoms with van der Waals surface area (Å²) < 4.78 is 5.59. The van der Waals surface area contributed by atoms with Crippen molar-refractivity contribution in [3.05, 3.63) is 44.9 Å². The SMILES string of the molecule is C[C@@H]1CC2=C(C(=O)c3c([nH]ccc3=O)C2=O)[C@H](C)O1. The Morgan fingerprint density at radius 3 is 2.68 bits per heavy atom. The van der Waals surface area contributed by atoms with Crippen molar-refractivity contribution in [3.63, 3.8) is 0 Å². The fraction of sp³-hybridized carbons (Fsp3) is 0.357. The van der Waals surface area contributed by atoms with Crippen molar-refractivity contribution in [2.45, 2.75) is 32.5 Å². The molecular formula is C14H13NO4. The fourth-order valence-corrected chi connectivity index (χ4v) is 2.81. The number of nitrogens with one attached hydrogen (secondary N) is 1. The summed E-state index contributed by atoms with van der Waals surface area (Å²) in [6, 6.07) is 1.26. The molecule has 0 unspecified atom stereocenters. The molecule has 1 aromatic heterocycles. The van der Waals surface area contributed by atoms with E-state index >= 15 is 0 Å². The van der Waals surface area contributed by atoms with E-state index in [0.29, 0.717) is 17.6 Å². The number of rotatable bonds is 0. The van der Waals surface area contributed by atoms with Gasteiger partial charge in [0.15, 0.2) is 11.2 Å². The van der Waals surface area contributed by atoms with E-state index in [1.165, 1.54) is 12.3 Å². The first-order chi connectivity index (χ1) is 9.00. The van der Waals surface area contributed by atoms with Gasteiger partial charge in [0.05, 0.1) is 17.8 Å². The molecule has 0 radical (unpaired) electrons. The molecule has 0 fully saturated rings. The maximum absolute atomic E-state index is 12.4. The van der Waals surface area contributed by atoms with E-state index in [1.54, 1.807) is 6.92 Å². The fourth-order valence-electron chi connectivity index (χ4n) is 2.81. The maximum Gasteiger partial charge on any atom is 0.206 e. The lowest BCUT2D eigenvalue weighted by Crippen LogP contribution is -2.39. The summed E-state index contributed by atoms with van der Waals surface area (Å²) in [5.74, 6) is -0.643. The number of Topliss-reactive ketones (excluding diaryl/α,β-unsaturated/α-hetero) is 2. The van der Waals surface area contributed by atoms with Gasteiger partial charge >= 0.3 is 0 Å². The van der Waals surface area contributed by atoms with E-state index in [9.17, 15) is 14.4 Å². The van der Waals surface area contributed by atoms with Gasteiger partial charge in [-0.05, 0) is 13.8 Å². The Morgan fingerprint density at radius 1 is 1.21 bits per heavy atom. The van der Waals surface area contributed by atoms with Crippen LogP contribution in [0, 0.1) is 0 Å². The van der Waals surface area contributed by atoms with Crippen LogP contribution in [0.4, 0.5) is 0 Å². The lowest BCUT2D eigenvalue weighted by Gasteiger charge is -2.32. The highest BCUT2D eigenvalue weighted by Crippen LogP contribution is 2.33. The monoisotopic (exact) mass is 259 g/mol. The van der Waals surface area contributed by atoms with Gasteiger partial charge in [0.25, 0.3) is 0 Å². The number of carbonyl (C=O) groups excluding carboxylic acids is 2. The third-order valence-corrected chi connectivity index (χ3v) is 3.59. The van der Waals surface area contributed by atoms with Crippen LogP contribution < -0.4 is 5.43 Å². The molecule has 5 nitrogen and oxygen atoms in total. The summed E-state index contributed by atoms with van der Waals surface area (Å²) in [5.41, 5.74) is 0.441. The summed E-state index contributed by atoms with van der Waals surface area (Å²) in [4.78, 5) is 39.4. The highest BCUT2D eigenvalue weighted by Gasteiger charge is 2.40. The molecule has 1 aromatic rings. The van der Waals surface area contributed by atoms with Gasteiger partial charge in [-0.1, -0.05) is 0 Å². The molecular weight excluding hydrogens is 246 g/mol. The quantitative estimate of drug-likeness (QED) is 0.760. The van der Waals surface area contributed by atoms with Crippen molar-refractivity contribution < 1.29 is 14.3 Å². The molecule has 2 aliphatic rings. The van der Waals surface area contributed by atoms with Crippen LogP contribution in [0.2, 0.25) is 0 Å². The van der Waals surface area contributed by atoms with Crippen molar-refractivity contribution in [1.29, 1.82) is 0 Å². The third kappa shape index (κ3) is 1.62. The molecule has 2 atom stereocenters. The number of hydrogen-bond donors (Lipinski definition) is 1. The average Bonchev–Trinajstić information content (AvgIpc) is 2.34. The molecule has 1 aliphatic carbocycles. The molecule has 0 saturated heterocycles. The van der Waals surface area contributed by atoms with E-state index in [2.05, 4.69) is 4.98 Å². The van der Waals surface area contributed by atoms with Crippen LogP contribution >= 0.6 is 0 Å². The van der Waals surface area contributed by atoms with Gasteiger partial charge in [0.1, 0.15) is 5.69 Å². The molecule has 98 valence electrons. The summed E-state index contributed by atoms with van der Waals surface area (Å²) in [6.07, 6.45) is 1.23. The highest BCUT2D eigenvalue weighted by molar-refractivity contribution is 6.26. The van der Waals surface area contributed by atoms with Crippen molar-refractivity contribution in [2.75, 3.05) is 0 Å². The van der Waals surface area contributed by atoms with Crippen molar-refractivity contribution in [3.8, 4) is 0 Å². The van der Waals surface area contributed by atoms with E-state index in [0.717, 1.165) is 0 Å². The molecule has 2 heterocycles. The second kappa shape index (κ2) is 3.99. The number of carbonyl (C=O) groups is 2. The van der Waals surface area contributed by atoms with Crippen LogP contribution in [0.5, 0.6) is 0 Å². The van der Waals surface area contributed by atoms with Gasteiger partial charge in [-0.25, -0.2) is 0 Å². The Kier molecular flexibility index (Phi) is 2.53. The second-order valence-corrected chi connectivity index (χ2v) is 4.94. The van der Waals surface area contributed by atoms with Crippen LogP contribution in [-0.4, -0.2) is 28.8 Å². The predicted octanol–water partition coefficient (Wildman–Crippen LogP) is 1.25. The van der Waals surface area contributed by atoms with E-state index in [-0.39, 0.29) is 28.9 Å². The predicted molar refractivity (Wildman–Crippen MR) is 67.4 cm³/mol. The van der Waals surface area contributed by atoms with E-state index < -0.39 is 11.5 Å². The van der Waals surface area contributed by atoms with Crippen molar-refractivity contribution >= 4 is 11.6 Å². The lowest BCUT2D eigenvalue weighted by atomic mass is 9.81. The first-order valence-electron chi connectivity index (χ1n) is 6.20. The van der Waals surface area contributed by atoms with Gasteiger partial charge in [-0.3, -0.25) is 14.4 Å². The minimum atomic E-state index is -0.456. The third-order valence-electron chi connectivity index (χ3n) is 3.59. The molecule has 1 aliphatic heterocycles. The summed E-state index contributed by atoms with van der Waals surface area (Å²) in [7, 11) is 0. The highest BCUT2D eigenvalue weighted by atomic mass is 16.5. The van der Waals surface area contributed by atoms with Gasteiger partial charge in [-0.15, -0.1) is 0 Å². The molecule has 0 saturated carbocycles. The van der Waals surface area contributed by atoms with Gasteiger partial charge < -0.3 is 9.72 Å². The number of pyridine rings is 1. The number of hydrogen-bond acceptors (Lipinski definition) is 4. The van der Waals surface area contributed by atoms with Crippen molar-refractivity contribution in [2.24, 2.45) is 0 Å². The average molecular weight is 259 g/mol. The smallest absolute Gasteiger partial charge is 0.206 e. The molecule has 3 rings (SSSR count). The largest absolute Gasteiger partial charge is 0.370 e. The van der Waals surface area contributed by atoms with Gasteiger partial charge in [0.2, 0.25) is 5.78 Å². The zero-order valence-electron chi connectivity index (χ0n) is 10.6. The Balaban J connectivity index is 2.27. The molecule has 0 amide bonds. The molecule has 0 aromatic carbocycles. The number of fused-ring (bicyclic) bond motifs is 1. The lowest BCUT2D eigenvalue weighted by molar-refractivity contribution is 0.0148. The topological polar surface area (TPSA) is 76.2 Å². The van der Waals surface area contributed by atoms with Crippen LogP contribution in [-0.2, 0) is 4.74 Å². The first-order valence-corrected chi connectivity index (χ1v) is 6.20. The summed E-state index contributed by atoms with van der Waals surface area (Å²) in [5, 5.41) is 0. The van der Waals surface area contributed by atoms with E-state index in [4.69, 9.17) is 4.74 Å². The summed E-state index contributed by atoms with van der Waals surface area (Å²) >= 11 is 0. The van der Waals surface area contributed by atoms with Gasteiger partial charge in [0, 0.05) is 29.8 Å². The van der Waals surface area contributed by atoms with Crippen LogP contribution in [0.1, 0.15) is 41.1 Å². The van der Waals surface area contributed by atoms with Gasteiger partial charge in [-0.2, -0.15) is 0 Å². The number of H-pyrrole nitrogens is 1. The van der Waals surface area contributed by atoms with Crippen LogP contribution in [0.3, 0.4) is 0 Å². The number of ketones is 2. The molecule has 1 N–H and O–H groups in total. The minimum Gasteiger partial charge on any atom is -0.370 e. The van der Waals surface area contributed by atoms with Crippen molar-refractivity contribution in [1.82, 2.24) is 4.98 Å². The normalized spacial score (nSPS) is 26.2. The Hall–Kier alpha value is -2.01. The Labute approximate surface area is 109 Å². The first kappa shape index (κ1) is 12.0. The second-order valence-electron chi connectivity index (χ2n) is 4.94. The standard InChI is InChI=1S/C14H13NO4/c1-6-5-8-10(7(2)19-6)14(18)11-9(16)3-4-15-12(11)13(8)17/h3-4,6-7H,5H2,1-2H3,(H,15,16)/t6-,7+/m1/s1. The minimum absolute atomic E-state index is 0.0590. The summed E-state index contributed by atoms with van der Waals surface area (Å²) in [6.45, 7) is 3.60. The molecule has 5 heteroatoms.